The van der Waals surface area contributed by atoms with E-state index >= 15 is 0 Å². The summed E-state index contributed by atoms with van der Waals surface area (Å²) in [6, 6.07) is 10.4. The lowest BCUT2D eigenvalue weighted by Crippen LogP contribution is -2.44. The summed E-state index contributed by atoms with van der Waals surface area (Å²) in [6.07, 6.45) is 2.65. The Morgan fingerprint density at radius 1 is 1.28 bits per heavy atom. The molecule has 0 atom stereocenters. The summed E-state index contributed by atoms with van der Waals surface area (Å²) in [7, 11) is 1.93. The summed E-state index contributed by atoms with van der Waals surface area (Å²) in [6.45, 7) is 2.04. The van der Waals surface area contributed by atoms with Gasteiger partial charge in [-0.1, -0.05) is 30.3 Å². The van der Waals surface area contributed by atoms with Crippen LogP contribution in [0.25, 0.3) is 0 Å². The van der Waals surface area contributed by atoms with E-state index < -0.39 is 0 Å². The van der Waals surface area contributed by atoms with Crippen LogP contribution in [0.4, 0.5) is 0 Å². The number of piperidine rings is 1. The van der Waals surface area contributed by atoms with E-state index in [-0.39, 0.29) is 18.3 Å². The standard InChI is InChI=1S/C14H20N2O.ClH/c1-16(13-7-9-15-10-8-13)14(17)11-12-5-3-2-4-6-12;/h2-6,13,15H,7-11H2,1H3;1H. The topological polar surface area (TPSA) is 32.3 Å². The average molecular weight is 269 g/mol. The molecule has 18 heavy (non-hydrogen) atoms. The van der Waals surface area contributed by atoms with Crippen molar-refractivity contribution in [3.8, 4) is 0 Å². The number of amides is 1. The Morgan fingerprint density at radius 3 is 2.50 bits per heavy atom. The molecule has 1 aromatic carbocycles. The Bertz CT molecular complexity index is 363. The van der Waals surface area contributed by atoms with Crippen molar-refractivity contribution in [2.45, 2.75) is 25.3 Å². The fourth-order valence-electron chi connectivity index (χ4n) is 2.29. The maximum absolute atomic E-state index is 12.1. The first-order valence-corrected chi connectivity index (χ1v) is 6.27. The second kappa shape index (κ2) is 7.39. The highest BCUT2D eigenvalue weighted by molar-refractivity contribution is 5.85. The van der Waals surface area contributed by atoms with Crippen molar-refractivity contribution < 1.29 is 4.79 Å². The van der Waals surface area contributed by atoms with Crippen LogP contribution in [0.2, 0.25) is 0 Å². The number of nitrogens with one attached hydrogen (secondary N) is 1. The van der Waals surface area contributed by atoms with Gasteiger partial charge in [-0.15, -0.1) is 12.4 Å². The van der Waals surface area contributed by atoms with Gasteiger partial charge < -0.3 is 10.2 Å². The van der Waals surface area contributed by atoms with E-state index in [4.69, 9.17) is 0 Å². The molecule has 0 spiro atoms. The van der Waals surface area contributed by atoms with Gasteiger partial charge in [0.1, 0.15) is 0 Å². The van der Waals surface area contributed by atoms with E-state index in [1.807, 2.05) is 42.3 Å². The van der Waals surface area contributed by atoms with Crippen LogP contribution in [0.1, 0.15) is 18.4 Å². The molecule has 0 unspecified atom stereocenters. The molecule has 1 N–H and O–H groups in total. The second-order valence-corrected chi connectivity index (χ2v) is 4.65. The highest BCUT2D eigenvalue weighted by atomic mass is 35.5. The number of carbonyl (C=O) groups excluding carboxylic acids is 1. The van der Waals surface area contributed by atoms with Crippen molar-refractivity contribution in [3.63, 3.8) is 0 Å². The first-order chi connectivity index (χ1) is 8.27. The monoisotopic (exact) mass is 268 g/mol. The summed E-state index contributed by atoms with van der Waals surface area (Å²) >= 11 is 0. The summed E-state index contributed by atoms with van der Waals surface area (Å²) in [5.41, 5.74) is 1.10. The maximum Gasteiger partial charge on any atom is 0.226 e. The predicted molar refractivity (Wildman–Crippen MR) is 76.1 cm³/mol. The van der Waals surface area contributed by atoms with Crippen molar-refractivity contribution in [3.05, 3.63) is 35.9 Å². The predicted octanol–water partition coefficient (Wildman–Crippen LogP) is 1.86. The number of nitrogens with zero attached hydrogens (tertiary/aromatic N) is 1. The van der Waals surface area contributed by atoms with E-state index in [2.05, 4.69) is 5.32 Å². The normalized spacial score (nSPS) is 15.8. The number of carbonyl (C=O) groups is 1. The summed E-state index contributed by atoms with van der Waals surface area (Å²) in [5, 5.41) is 3.32. The molecule has 1 aliphatic rings. The van der Waals surface area contributed by atoms with Crippen molar-refractivity contribution in [1.82, 2.24) is 10.2 Å². The molecular weight excluding hydrogens is 248 g/mol. The first-order valence-electron chi connectivity index (χ1n) is 6.27. The van der Waals surface area contributed by atoms with Crippen molar-refractivity contribution >= 4 is 18.3 Å². The van der Waals surface area contributed by atoms with E-state index in [9.17, 15) is 4.79 Å². The fraction of sp³-hybridized carbons (Fsp3) is 0.500. The SMILES string of the molecule is CN(C(=O)Cc1ccccc1)C1CCNCC1.Cl. The van der Waals surface area contributed by atoms with Gasteiger partial charge in [0.15, 0.2) is 0 Å². The highest BCUT2D eigenvalue weighted by Gasteiger charge is 2.21. The second-order valence-electron chi connectivity index (χ2n) is 4.65. The van der Waals surface area contributed by atoms with Gasteiger partial charge in [0.05, 0.1) is 6.42 Å². The maximum atomic E-state index is 12.1. The zero-order valence-electron chi connectivity index (χ0n) is 10.8. The molecule has 0 bridgehead atoms. The molecule has 2 rings (SSSR count). The minimum atomic E-state index is 0. The van der Waals surface area contributed by atoms with Gasteiger partial charge in [-0.2, -0.15) is 0 Å². The molecule has 0 saturated carbocycles. The highest BCUT2D eigenvalue weighted by Crippen LogP contribution is 2.12. The molecule has 3 nitrogen and oxygen atoms in total. The Kier molecular flexibility index (Phi) is 6.16. The Labute approximate surface area is 115 Å². The van der Waals surface area contributed by atoms with Gasteiger partial charge in [0, 0.05) is 13.1 Å². The van der Waals surface area contributed by atoms with Crippen LogP contribution >= 0.6 is 12.4 Å². The molecule has 1 aliphatic heterocycles. The molecular formula is C14H21ClN2O. The molecule has 1 heterocycles. The summed E-state index contributed by atoms with van der Waals surface area (Å²) in [4.78, 5) is 14.0. The van der Waals surface area contributed by atoms with E-state index in [0.717, 1.165) is 31.5 Å². The Morgan fingerprint density at radius 2 is 1.89 bits per heavy atom. The molecule has 1 amide bonds. The van der Waals surface area contributed by atoms with Crippen LogP contribution in [0.3, 0.4) is 0 Å². The molecule has 4 heteroatoms. The number of halogens is 1. The number of rotatable bonds is 3. The first kappa shape index (κ1) is 15.0. The van der Waals surface area contributed by atoms with Crippen LogP contribution in [0.15, 0.2) is 30.3 Å². The quantitative estimate of drug-likeness (QED) is 0.908. The average Bonchev–Trinajstić information content (AvgIpc) is 2.40. The van der Waals surface area contributed by atoms with Crippen molar-refractivity contribution in [2.24, 2.45) is 0 Å². The zero-order valence-corrected chi connectivity index (χ0v) is 11.6. The van der Waals surface area contributed by atoms with Gasteiger partial charge in [-0.05, 0) is 31.5 Å². The molecule has 100 valence electrons. The Hall–Kier alpha value is -1.06. The van der Waals surface area contributed by atoms with Gasteiger partial charge in [-0.25, -0.2) is 0 Å². The van der Waals surface area contributed by atoms with E-state index in [0.29, 0.717) is 12.5 Å². The molecule has 1 fully saturated rings. The van der Waals surface area contributed by atoms with Crippen LogP contribution in [0.5, 0.6) is 0 Å². The van der Waals surface area contributed by atoms with Crippen LogP contribution < -0.4 is 5.32 Å². The minimum Gasteiger partial charge on any atom is -0.342 e. The lowest BCUT2D eigenvalue weighted by atomic mass is 10.0. The van der Waals surface area contributed by atoms with Crippen molar-refractivity contribution in [2.75, 3.05) is 20.1 Å². The van der Waals surface area contributed by atoms with Crippen LogP contribution in [-0.2, 0) is 11.2 Å². The van der Waals surface area contributed by atoms with Crippen molar-refractivity contribution in [1.29, 1.82) is 0 Å². The minimum absolute atomic E-state index is 0. The third-order valence-corrected chi connectivity index (χ3v) is 3.45. The fourth-order valence-corrected chi connectivity index (χ4v) is 2.29. The van der Waals surface area contributed by atoms with Gasteiger partial charge in [0.25, 0.3) is 0 Å². The third kappa shape index (κ3) is 4.00. The van der Waals surface area contributed by atoms with E-state index in [1.165, 1.54) is 0 Å². The lowest BCUT2D eigenvalue weighted by Gasteiger charge is -2.31. The molecule has 1 saturated heterocycles. The van der Waals surface area contributed by atoms with Gasteiger partial charge in [0.2, 0.25) is 5.91 Å². The smallest absolute Gasteiger partial charge is 0.226 e. The van der Waals surface area contributed by atoms with Gasteiger partial charge in [-0.3, -0.25) is 4.79 Å². The van der Waals surface area contributed by atoms with Crippen LogP contribution in [-0.4, -0.2) is 37.0 Å². The molecule has 0 radical (unpaired) electrons. The molecule has 0 aliphatic carbocycles. The number of hydrogen-bond donors (Lipinski definition) is 1. The number of hydrogen-bond acceptors (Lipinski definition) is 2. The number of likely N-dealkylation sites (N-methyl/N-ethyl adjacent to an activating group) is 1. The summed E-state index contributed by atoms with van der Waals surface area (Å²) < 4.78 is 0. The van der Waals surface area contributed by atoms with Gasteiger partial charge >= 0.3 is 0 Å². The van der Waals surface area contributed by atoms with E-state index in [1.54, 1.807) is 0 Å². The summed E-state index contributed by atoms with van der Waals surface area (Å²) in [5.74, 6) is 0.225. The lowest BCUT2D eigenvalue weighted by molar-refractivity contribution is -0.131. The molecule has 0 aromatic heterocycles. The molecule has 1 aromatic rings. The number of benzene rings is 1. The largest absolute Gasteiger partial charge is 0.342 e. The Balaban J connectivity index is 0.00000162. The van der Waals surface area contributed by atoms with Crippen LogP contribution in [0, 0.1) is 0 Å². The third-order valence-electron chi connectivity index (χ3n) is 3.45. The zero-order chi connectivity index (χ0) is 12.1.